The Morgan fingerprint density at radius 3 is 2.67 bits per heavy atom. The smallest absolute Gasteiger partial charge is 0.387 e. The van der Waals surface area contributed by atoms with Gasteiger partial charge in [0.2, 0.25) is 5.82 Å². The first kappa shape index (κ1) is 24.4. The normalized spacial score (nSPS) is 10.8. The average molecular weight is 499 g/mol. The third kappa shape index (κ3) is 5.66. The van der Waals surface area contributed by atoms with Crippen LogP contribution in [-0.4, -0.2) is 35.7 Å². The summed E-state index contributed by atoms with van der Waals surface area (Å²) in [6.45, 7) is -1.56. The summed E-state index contributed by atoms with van der Waals surface area (Å²) in [5, 5.41) is 6.49. The van der Waals surface area contributed by atoms with E-state index in [9.17, 15) is 18.4 Å². The molecule has 0 bridgehead atoms. The highest BCUT2D eigenvalue weighted by Gasteiger charge is 2.17. The van der Waals surface area contributed by atoms with Gasteiger partial charge in [0.15, 0.2) is 23.9 Å². The summed E-state index contributed by atoms with van der Waals surface area (Å²) in [5.74, 6) is -0.976. The summed E-state index contributed by atoms with van der Waals surface area (Å²) in [5.41, 5.74) is 1.74. The lowest BCUT2D eigenvalue weighted by molar-refractivity contribution is -0.0512. The van der Waals surface area contributed by atoms with Crippen molar-refractivity contribution >= 4 is 17.6 Å². The van der Waals surface area contributed by atoms with Gasteiger partial charge in [-0.15, -0.1) is 0 Å². The van der Waals surface area contributed by atoms with Gasteiger partial charge in [0, 0.05) is 11.3 Å². The van der Waals surface area contributed by atoms with Crippen LogP contribution in [0.15, 0.2) is 63.7 Å². The number of carbonyl (C=O) groups excluding carboxylic acids is 2. The van der Waals surface area contributed by atoms with Gasteiger partial charge in [0.25, 0.3) is 11.8 Å². The van der Waals surface area contributed by atoms with E-state index in [4.69, 9.17) is 18.4 Å². The number of ether oxygens (including phenoxy) is 3. The number of amides is 1. The Morgan fingerprint density at radius 2 is 1.94 bits per heavy atom. The van der Waals surface area contributed by atoms with Crippen LogP contribution in [-0.2, 0) is 11.3 Å². The third-order valence-electron chi connectivity index (χ3n) is 4.90. The number of halogens is 2. The van der Waals surface area contributed by atoms with Gasteiger partial charge in [-0.25, -0.2) is 4.79 Å². The fourth-order valence-corrected chi connectivity index (χ4v) is 3.12. The first-order chi connectivity index (χ1) is 17.3. The highest BCUT2D eigenvalue weighted by Crippen LogP contribution is 2.32. The second-order valence-electron chi connectivity index (χ2n) is 7.29. The van der Waals surface area contributed by atoms with E-state index in [-0.39, 0.29) is 41.1 Å². The number of nitrogens with zero attached hydrogens (tertiary/aromatic N) is 2. The number of furan rings is 1. The number of hydrogen-bond donors (Lipinski definition) is 1. The fourth-order valence-electron chi connectivity index (χ4n) is 3.12. The summed E-state index contributed by atoms with van der Waals surface area (Å²) < 4.78 is 49.9. The molecule has 36 heavy (non-hydrogen) atoms. The Morgan fingerprint density at radius 1 is 1.11 bits per heavy atom. The largest absolute Gasteiger partial charge is 0.493 e. The molecule has 0 aliphatic heterocycles. The van der Waals surface area contributed by atoms with Crippen molar-refractivity contribution < 1.29 is 41.5 Å². The van der Waals surface area contributed by atoms with Crippen LogP contribution >= 0.6 is 0 Å². The molecule has 1 N–H and O–H groups in total. The van der Waals surface area contributed by atoms with E-state index in [1.165, 1.54) is 43.7 Å². The Kier molecular flexibility index (Phi) is 7.23. The second-order valence-corrected chi connectivity index (χ2v) is 7.29. The first-order valence-corrected chi connectivity index (χ1v) is 10.4. The zero-order valence-electron chi connectivity index (χ0n) is 19.0. The molecule has 186 valence electrons. The van der Waals surface area contributed by atoms with Crippen molar-refractivity contribution in [2.24, 2.45) is 0 Å². The van der Waals surface area contributed by atoms with Gasteiger partial charge in [0.1, 0.15) is 0 Å². The monoisotopic (exact) mass is 499 g/mol. The molecule has 10 nitrogen and oxygen atoms in total. The predicted octanol–water partition coefficient (Wildman–Crippen LogP) is 4.86. The lowest BCUT2D eigenvalue weighted by Gasteiger charge is -2.10. The molecule has 2 aromatic carbocycles. The Hall–Kier alpha value is -4.74. The predicted molar refractivity (Wildman–Crippen MR) is 120 cm³/mol. The molecule has 2 aromatic heterocycles. The van der Waals surface area contributed by atoms with Crippen molar-refractivity contribution in [1.82, 2.24) is 10.1 Å². The molecule has 0 unspecified atom stereocenters. The summed E-state index contributed by atoms with van der Waals surface area (Å²) >= 11 is 0. The number of rotatable bonds is 9. The molecule has 0 saturated heterocycles. The molecule has 0 radical (unpaired) electrons. The molecule has 0 spiro atoms. The van der Waals surface area contributed by atoms with Crippen molar-refractivity contribution in [2.75, 3.05) is 12.4 Å². The van der Waals surface area contributed by atoms with Gasteiger partial charge in [0.05, 0.1) is 18.9 Å². The number of carbonyl (C=O) groups is 2. The number of aromatic nitrogens is 2. The van der Waals surface area contributed by atoms with Gasteiger partial charge in [-0.2, -0.15) is 13.8 Å². The average Bonchev–Trinajstić information content (AvgIpc) is 3.56. The van der Waals surface area contributed by atoms with Crippen LogP contribution in [0.2, 0.25) is 0 Å². The minimum atomic E-state index is -3.01. The number of alkyl halides is 2. The SMILES string of the molecule is COc1cc(-c2noc(COC(=O)c3ccc(C)c(NC(=O)c4ccco4)c3)n2)ccc1OC(F)F. The van der Waals surface area contributed by atoms with E-state index in [0.29, 0.717) is 11.3 Å². The molecule has 0 atom stereocenters. The molecule has 4 aromatic rings. The van der Waals surface area contributed by atoms with Crippen molar-refractivity contribution in [1.29, 1.82) is 0 Å². The number of aryl methyl sites for hydroxylation is 1. The lowest BCUT2D eigenvalue weighted by atomic mass is 10.1. The van der Waals surface area contributed by atoms with E-state index in [1.54, 1.807) is 25.1 Å². The molecule has 4 rings (SSSR count). The quantitative estimate of drug-likeness (QED) is 0.321. The topological polar surface area (TPSA) is 126 Å². The standard InChI is InChI=1S/C24H19F2N3O7/c1-13-5-6-15(10-16(13)27-22(30)18-4-3-9-33-18)23(31)34-12-20-28-21(29-36-20)14-7-8-17(35-24(25)26)19(11-14)32-2/h3-11,24H,12H2,1-2H3,(H,27,30). The zero-order chi connectivity index (χ0) is 25.7. The first-order valence-electron chi connectivity index (χ1n) is 10.4. The fraction of sp³-hybridized carbons (Fsp3) is 0.167. The Balaban J connectivity index is 1.41. The molecule has 0 aliphatic rings. The number of esters is 1. The highest BCUT2D eigenvalue weighted by molar-refractivity contribution is 6.03. The molecule has 0 fully saturated rings. The summed E-state index contributed by atoms with van der Waals surface area (Å²) in [6.07, 6.45) is 1.38. The third-order valence-corrected chi connectivity index (χ3v) is 4.90. The molecule has 12 heteroatoms. The van der Waals surface area contributed by atoms with E-state index >= 15 is 0 Å². The maximum atomic E-state index is 12.5. The van der Waals surface area contributed by atoms with Crippen LogP contribution in [0.25, 0.3) is 11.4 Å². The van der Waals surface area contributed by atoms with Gasteiger partial charge in [-0.3, -0.25) is 4.79 Å². The van der Waals surface area contributed by atoms with E-state index < -0.39 is 18.5 Å². The summed E-state index contributed by atoms with van der Waals surface area (Å²) in [4.78, 5) is 28.9. The molecule has 1 amide bonds. The molecular formula is C24H19F2N3O7. The van der Waals surface area contributed by atoms with E-state index in [0.717, 1.165) is 5.56 Å². The Bertz CT molecular complexity index is 1370. The molecule has 0 saturated carbocycles. The van der Waals surface area contributed by atoms with Crippen LogP contribution in [0.1, 0.15) is 32.4 Å². The maximum absolute atomic E-state index is 12.5. The number of nitrogens with one attached hydrogen (secondary N) is 1. The van der Waals surface area contributed by atoms with E-state index in [1.807, 2.05) is 0 Å². The van der Waals surface area contributed by atoms with Crippen molar-refractivity contribution in [3.63, 3.8) is 0 Å². The summed E-state index contributed by atoms with van der Waals surface area (Å²) in [6, 6.07) is 11.9. The zero-order valence-corrected chi connectivity index (χ0v) is 19.0. The number of methoxy groups -OCH3 is 1. The Labute approximate surface area is 202 Å². The van der Waals surface area contributed by atoms with Crippen LogP contribution in [0, 0.1) is 6.92 Å². The van der Waals surface area contributed by atoms with Crippen LogP contribution in [0.4, 0.5) is 14.5 Å². The van der Waals surface area contributed by atoms with Gasteiger partial charge < -0.3 is 28.5 Å². The second kappa shape index (κ2) is 10.7. The van der Waals surface area contributed by atoms with Crippen LogP contribution in [0.3, 0.4) is 0 Å². The number of hydrogen-bond acceptors (Lipinski definition) is 9. The number of benzene rings is 2. The van der Waals surface area contributed by atoms with Gasteiger partial charge in [-0.05, 0) is 55.0 Å². The molecular weight excluding hydrogens is 480 g/mol. The van der Waals surface area contributed by atoms with Gasteiger partial charge >= 0.3 is 12.6 Å². The van der Waals surface area contributed by atoms with Gasteiger partial charge in [-0.1, -0.05) is 11.2 Å². The molecule has 0 aliphatic carbocycles. The van der Waals surface area contributed by atoms with E-state index in [2.05, 4.69) is 20.2 Å². The maximum Gasteiger partial charge on any atom is 0.387 e. The van der Waals surface area contributed by atoms with Crippen molar-refractivity contribution in [3.05, 3.63) is 77.6 Å². The van der Waals surface area contributed by atoms with Crippen molar-refractivity contribution in [2.45, 2.75) is 20.1 Å². The van der Waals surface area contributed by atoms with Crippen LogP contribution < -0.4 is 14.8 Å². The minimum Gasteiger partial charge on any atom is -0.493 e. The highest BCUT2D eigenvalue weighted by atomic mass is 19.3. The van der Waals surface area contributed by atoms with Crippen molar-refractivity contribution in [3.8, 4) is 22.9 Å². The lowest BCUT2D eigenvalue weighted by Crippen LogP contribution is -2.13. The number of anilines is 1. The summed E-state index contributed by atoms with van der Waals surface area (Å²) in [7, 11) is 1.30. The van der Waals surface area contributed by atoms with Crippen LogP contribution in [0.5, 0.6) is 11.5 Å². The minimum absolute atomic E-state index is 0.00341. The molecule has 2 heterocycles.